The Bertz CT molecular complexity index is 767. The normalized spacial score (nSPS) is 14.6. The van der Waals surface area contributed by atoms with Crippen molar-refractivity contribution in [1.29, 1.82) is 0 Å². The van der Waals surface area contributed by atoms with Crippen molar-refractivity contribution in [1.82, 2.24) is 10.3 Å². The summed E-state index contributed by atoms with van der Waals surface area (Å²) < 4.78 is 5.36. The van der Waals surface area contributed by atoms with Gasteiger partial charge < -0.3 is 10.1 Å². The Morgan fingerprint density at radius 2 is 2.12 bits per heavy atom. The number of hydrogen-bond donors (Lipinski definition) is 1. The van der Waals surface area contributed by atoms with Crippen LogP contribution in [0.2, 0.25) is 5.02 Å². The molecule has 124 valence electrons. The molecule has 1 aromatic carbocycles. The zero-order chi connectivity index (χ0) is 17.1. The van der Waals surface area contributed by atoms with E-state index in [0.717, 1.165) is 5.56 Å². The molecule has 1 unspecified atom stereocenters. The molecule has 1 aromatic heterocycles. The number of pyridine rings is 1. The van der Waals surface area contributed by atoms with Crippen molar-refractivity contribution in [2.75, 3.05) is 18.1 Å². The van der Waals surface area contributed by atoms with Crippen LogP contribution in [0.5, 0.6) is 5.75 Å². The van der Waals surface area contributed by atoms with E-state index < -0.39 is 0 Å². The third kappa shape index (κ3) is 3.49. The molecule has 0 bridgehead atoms. The molecule has 24 heavy (non-hydrogen) atoms. The third-order valence-corrected chi connectivity index (χ3v) is 3.98. The summed E-state index contributed by atoms with van der Waals surface area (Å²) in [6.45, 7) is 1.69. The van der Waals surface area contributed by atoms with Crippen LogP contribution >= 0.6 is 11.6 Å². The Labute approximate surface area is 144 Å². The lowest BCUT2D eigenvalue weighted by atomic mass is 10.1. The van der Waals surface area contributed by atoms with Gasteiger partial charge in [0.05, 0.1) is 11.7 Å². The van der Waals surface area contributed by atoms with Gasteiger partial charge in [0.2, 0.25) is 5.91 Å². The first-order valence-electron chi connectivity index (χ1n) is 7.46. The number of nitrogens with zero attached hydrogens (tertiary/aromatic N) is 2. The number of amides is 2. The Hall–Kier alpha value is -2.60. The van der Waals surface area contributed by atoms with Gasteiger partial charge in [0.25, 0.3) is 5.91 Å². The Kier molecular flexibility index (Phi) is 4.66. The molecule has 6 nitrogen and oxygen atoms in total. The van der Waals surface area contributed by atoms with E-state index in [2.05, 4.69) is 10.3 Å². The third-order valence-electron chi connectivity index (χ3n) is 3.75. The highest BCUT2D eigenvalue weighted by Gasteiger charge is 2.27. The van der Waals surface area contributed by atoms with Crippen LogP contribution in [0.3, 0.4) is 0 Å². The molecule has 3 rings (SSSR count). The van der Waals surface area contributed by atoms with Gasteiger partial charge >= 0.3 is 0 Å². The van der Waals surface area contributed by atoms with Gasteiger partial charge in [0.1, 0.15) is 12.3 Å². The smallest absolute Gasteiger partial charge is 0.265 e. The maximum atomic E-state index is 12.3. The maximum Gasteiger partial charge on any atom is 0.265 e. The summed E-state index contributed by atoms with van der Waals surface area (Å²) in [6.07, 6.45) is 3.34. The number of carbonyl (C=O) groups excluding carboxylic acids is 2. The van der Waals surface area contributed by atoms with Crippen molar-refractivity contribution in [3.63, 3.8) is 0 Å². The second-order valence-corrected chi connectivity index (χ2v) is 5.89. The van der Waals surface area contributed by atoms with E-state index in [1.165, 1.54) is 4.90 Å². The molecule has 1 aliphatic heterocycles. The summed E-state index contributed by atoms with van der Waals surface area (Å²) in [5, 5.41) is 3.35. The molecule has 1 atom stereocenters. The highest BCUT2D eigenvalue weighted by Crippen LogP contribution is 2.34. The first-order chi connectivity index (χ1) is 11.5. The molecule has 2 amide bonds. The average Bonchev–Trinajstić information content (AvgIpc) is 2.58. The van der Waals surface area contributed by atoms with Crippen LogP contribution in [0, 0.1) is 0 Å². The largest absolute Gasteiger partial charge is 0.482 e. The van der Waals surface area contributed by atoms with Gasteiger partial charge in [-0.2, -0.15) is 0 Å². The lowest BCUT2D eigenvalue weighted by Gasteiger charge is -2.29. The molecule has 2 heterocycles. The van der Waals surface area contributed by atoms with Gasteiger partial charge in [-0.05, 0) is 42.8 Å². The molecule has 2 aromatic rings. The van der Waals surface area contributed by atoms with Crippen LogP contribution in [-0.4, -0.2) is 29.9 Å². The molecule has 0 spiro atoms. The van der Waals surface area contributed by atoms with E-state index in [-0.39, 0.29) is 31.0 Å². The van der Waals surface area contributed by atoms with E-state index in [4.69, 9.17) is 16.3 Å². The number of carbonyl (C=O) groups is 2. The highest BCUT2D eigenvalue weighted by molar-refractivity contribution is 6.31. The summed E-state index contributed by atoms with van der Waals surface area (Å²) in [5.74, 6) is -0.00838. The number of fused-ring (bicyclic) bond motifs is 1. The van der Waals surface area contributed by atoms with Crippen molar-refractivity contribution < 1.29 is 14.3 Å². The van der Waals surface area contributed by atoms with Crippen LogP contribution in [0.15, 0.2) is 42.7 Å². The summed E-state index contributed by atoms with van der Waals surface area (Å²) in [7, 11) is 0. The van der Waals surface area contributed by atoms with Crippen LogP contribution in [-0.2, 0) is 9.59 Å². The Balaban J connectivity index is 1.72. The predicted molar refractivity (Wildman–Crippen MR) is 90.1 cm³/mol. The van der Waals surface area contributed by atoms with E-state index in [1.54, 1.807) is 30.6 Å². The first kappa shape index (κ1) is 16.3. The minimum atomic E-state index is -0.281. The minimum absolute atomic E-state index is 0.0923. The molecule has 0 saturated heterocycles. The average molecular weight is 346 g/mol. The highest BCUT2D eigenvalue weighted by atomic mass is 35.5. The lowest BCUT2D eigenvalue weighted by molar-refractivity contribution is -0.125. The van der Waals surface area contributed by atoms with Crippen LogP contribution in [0.25, 0.3) is 0 Å². The number of anilines is 1. The van der Waals surface area contributed by atoms with Crippen LogP contribution in [0.1, 0.15) is 18.5 Å². The number of rotatable bonds is 4. The number of ether oxygens (including phenoxy) is 1. The Morgan fingerprint density at radius 3 is 2.88 bits per heavy atom. The predicted octanol–water partition coefficient (Wildman–Crippen LogP) is 2.34. The number of aromatic nitrogens is 1. The van der Waals surface area contributed by atoms with Crippen molar-refractivity contribution >= 4 is 29.1 Å². The van der Waals surface area contributed by atoms with E-state index >= 15 is 0 Å². The van der Waals surface area contributed by atoms with Gasteiger partial charge in [0, 0.05) is 17.4 Å². The molecule has 0 aliphatic carbocycles. The van der Waals surface area contributed by atoms with Gasteiger partial charge in [-0.15, -0.1) is 0 Å². The van der Waals surface area contributed by atoms with E-state index in [1.807, 2.05) is 19.1 Å². The number of nitrogens with one attached hydrogen (secondary N) is 1. The molecule has 0 saturated carbocycles. The SMILES string of the molecule is CC(NC(=O)CN1C(=O)COc2ccc(Cl)cc21)c1ccncc1. The quantitative estimate of drug-likeness (QED) is 0.923. The number of benzene rings is 1. The Morgan fingerprint density at radius 1 is 1.38 bits per heavy atom. The summed E-state index contributed by atoms with van der Waals surface area (Å²) in [6, 6.07) is 8.47. The minimum Gasteiger partial charge on any atom is -0.482 e. The molecule has 1 N–H and O–H groups in total. The van der Waals surface area contributed by atoms with Gasteiger partial charge in [-0.1, -0.05) is 11.6 Å². The van der Waals surface area contributed by atoms with Crippen molar-refractivity contribution in [3.05, 3.63) is 53.3 Å². The fourth-order valence-electron chi connectivity index (χ4n) is 2.51. The fraction of sp³-hybridized carbons (Fsp3) is 0.235. The molecule has 1 aliphatic rings. The standard InChI is InChI=1S/C17H16ClN3O3/c1-11(12-4-6-19-7-5-12)20-16(22)9-21-14-8-13(18)2-3-15(14)24-10-17(21)23/h2-8,11H,9-10H2,1H3,(H,20,22). The van der Waals surface area contributed by atoms with Crippen molar-refractivity contribution in [3.8, 4) is 5.75 Å². The topological polar surface area (TPSA) is 71.5 Å². The molecule has 0 radical (unpaired) electrons. The van der Waals surface area contributed by atoms with Gasteiger partial charge in [-0.3, -0.25) is 19.5 Å². The van der Waals surface area contributed by atoms with Gasteiger partial charge in [-0.25, -0.2) is 0 Å². The van der Waals surface area contributed by atoms with Crippen LogP contribution < -0.4 is 15.0 Å². The van der Waals surface area contributed by atoms with Crippen molar-refractivity contribution in [2.45, 2.75) is 13.0 Å². The molecule has 7 heteroatoms. The summed E-state index contributed by atoms with van der Waals surface area (Å²) in [5.41, 5.74) is 1.44. The first-order valence-corrected chi connectivity index (χ1v) is 7.84. The maximum absolute atomic E-state index is 12.3. The zero-order valence-electron chi connectivity index (χ0n) is 13.0. The monoisotopic (exact) mass is 345 g/mol. The number of halogens is 1. The van der Waals surface area contributed by atoms with E-state index in [0.29, 0.717) is 16.5 Å². The van der Waals surface area contributed by atoms with E-state index in [9.17, 15) is 9.59 Å². The lowest BCUT2D eigenvalue weighted by Crippen LogP contribution is -2.45. The molecular weight excluding hydrogens is 330 g/mol. The number of hydrogen-bond acceptors (Lipinski definition) is 4. The van der Waals surface area contributed by atoms with Crippen LogP contribution in [0.4, 0.5) is 5.69 Å². The summed E-state index contributed by atoms with van der Waals surface area (Å²) in [4.78, 5) is 29.8. The fourth-order valence-corrected chi connectivity index (χ4v) is 2.68. The van der Waals surface area contributed by atoms with Crippen molar-refractivity contribution in [2.24, 2.45) is 0 Å². The molecule has 0 fully saturated rings. The summed E-state index contributed by atoms with van der Waals surface area (Å²) >= 11 is 5.99. The van der Waals surface area contributed by atoms with Gasteiger partial charge in [0.15, 0.2) is 6.61 Å². The molecular formula is C17H16ClN3O3. The second kappa shape index (κ2) is 6.88. The second-order valence-electron chi connectivity index (χ2n) is 5.45. The zero-order valence-corrected chi connectivity index (χ0v) is 13.8.